The molecule has 1 saturated heterocycles. The lowest BCUT2D eigenvalue weighted by atomic mass is 9.96. The second kappa shape index (κ2) is 5.99. The predicted octanol–water partition coefficient (Wildman–Crippen LogP) is 1.58. The third kappa shape index (κ3) is 3.67. The lowest BCUT2D eigenvalue weighted by Crippen LogP contribution is -2.49. The summed E-state index contributed by atoms with van der Waals surface area (Å²) in [6, 6.07) is 0.522. The number of halogens is 1. The minimum absolute atomic E-state index is 0. The van der Waals surface area contributed by atoms with Gasteiger partial charge in [-0.3, -0.25) is 4.90 Å². The molecule has 0 aliphatic carbocycles. The van der Waals surface area contributed by atoms with Crippen molar-refractivity contribution in [1.29, 1.82) is 0 Å². The highest BCUT2D eigenvalue weighted by molar-refractivity contribution is 5.85. The van der Waals surface area contributed by atoms with Crippen LogP contribution in [0.25, 0.3) is 0 Å². The zero-order chi connectivity index (χ0) is 12.5. The Morgan fingerprint density at radius 3 is 2.72 bits per heavy atom. The maximum absolute atomic E-state index is 5.32. The predicted molar refractivity (Wildman–Crippen MR) is 73.0 cm³/mol. The molecule has 0 saturated carbocycles. The van der Waals surface area contributed by atoms with Gasteiger partial charge in [-0.05, 0) is 6.92 Å². The van der Waals surface area contributed by atoms with Gasteiger partial charge in [0.25, 0.3) is 0 Å². The molecular weight excluding hydrogens is 252 g/mol. The smallest absolute Gasteiger partial charge is 0.240 e. The maximum Gasteiger partial charge on any atom is 0.240 e. The number of aromatic nitrogens is 2. The minimum Gasteiger partial charge on any atom is -0.338 e. The highest BCUT2D eigenvalue weighted by Gasteiger charge is 2.24. The van der Waals surface area contributed by atoms with Crippen LogP contribution in [0.1, 0.15) is 39.4 Å². The van der Waals surface area contributed by atoms with Gasteiger partial charge in [0.2, 0.25) is 5.89 Å². The molecule has 1 atom stereocenters. The summed E-state index contributed by atoms with van der Waals surface area (Å²) in [6.45, 7) is 12.3. The molecule has 18 heavy (non-hydrogen) atoms. The quantitative estimate of drug-likeness (QED) is 0.887. The van der Waals surface area contributed by atoms with Crippen LogP contribution in [0.3, 0.4) is 0 Å². The average Bonchev–Trinajstić information content (AvgIpc) is 2.69. The number of nitrogens with one attached hydrogen (secondary N) is 1. The van der Waals surface area contributed by atoms with Crippen LogP contribution in [0.5, 0.6) is 0 Å². The second-order valence-corrected chi connectivity index (χ2v) is 5.79. The molecule has 5 nitrogen and oxygen atoms in total. The number of hydrogen-bond acceptors (Lipinski definition) is 5. The summed E-state index contributed by atoms with van der Waals surface area (Å²) in [5.74, 6) is 1.51. The molecule has 1 aromatic rings. The Morgan fingerprint density at radius 2 is 2.17 bits per heavy atom. The molecule has 6 heteroatoms. The van der Waals surface area contributed by atoms with E-state index in [0.29, 0.717) is 6.04 Å². The van der Waals surface area contributed by atoms with Crippen molar-refractivity contribution in [2.24, 2.45) is 0 Å². The van der Waals surface area contributed by atoms with Crippen molar-refractivity contribution in [3.05, 3.63) is 11.7 Å². The second-order valence-electron chi connectivity index (χ2n) is 5.79. The van der Waals surface area contributed by atoms with E-state index < -0.39 is 0 Å². The lowest BCUT2D eigenvalue weighted by molar-refractivity contribution is 0.146. The van der Waals surface area contributed by atoms with Crippen LogP contribution < -0.4 is 5.32 Å². The van der Waals surface area contributed by atoms with E-state index in [0.717, 1.165) is 37.9 Å². The van der Waals surface area contributed by atoms with Crippen LogP contribution in [-0.4, -0.2) is 40.7 Å². The van der Waals surface area contributed by atoms with Gasteiger partial charge in [-0.25, -0.2) is 0 Å². The van der Waals surface area contributed by atoms with Crippen molar-refractivity contribution in [3.8, 4) is 0 Å². The van der Waals surface area contributed by atoms with Crippen molar-refractivity contribution in [3.63, 3.8) is 0 Å². The van der Waals surface area contributed by atoms with Crippen LogP contribution in [0.4, 0.5) is 0 Å². The molecule has 0 bridgehead atoms. The van der Waals surface area contributed by atoms with E-state index in [1.165, 1.54) is 0 Å². The van der Waals surface area contributed by atoms with Gasteiger partial charge in [-0.15, -0.1) is 12.4 Å². The van der Waals surface area contributed by atoms with E-state index in [2.05, 4.69) is 48.1 Å². The molecule has 0 spiro atoms. The molecular formula is C12H23ClN4O. The molecule has 1 aliphatic rings. The van der Waals surface area contributed by atoms with Gasteiger partial charge in [0, 0.05) is 31.1 Å². The summed E-state index contributed by atoms with van der Waals surface area (Å²) in [5, 5.41) is 7.42. The summed E-state index contributed by atoms with van der Waals surface area (Å²) in [7, 11) is 0. The normalized spacial score (nSPS) is 21.7. The van der Waals surface area contributed by atoms with E-state index in [9.17, 15) is 0 Å². The summed E-state index contributed by atoms with van der Waals surface area (Å²) in [4.78, 5) is 6.84. The highest BCUT2D eigenvalue weighted by Crippen LogP contribution is 2.19. The van der Waals surface area contributed by atoms with E-state index in [1.54, 1.807) is 0 Å². The third-order valence-corrected chi connectivity index (χ3v) is 3.12. The van der Waals surface area contributed by atoms with Crippen LogP contribution in [0.15, 0.2) is 4.52 Å². The first kappa shape index (κ1) is 15.4. The average molecular weight is 275 g/mol. The summed E-state index contributed by atoms with van der Waals surface area (Å²) >= 11 is 0. The topological polar surface area (TPSA) is 54.2 Å². The Hall–Kier alpha value is -0.650. The Balaban J connectivity index is 0.00000162. The van der Waals surface area contributed by atoms with Crippen LogP contribution >= 0.6 is 12.4 Å². The first-order chi connectivity index (χ1) is 7.97. The molecule has 104 valence electrons. The fourth-order valence-corrected chi connectivity index (χ4v) is 1.92. The van der Waals surface area contributed by atoms with Crippen molar-refractivity contribution in [2.45, 2.75) is 45.7 Å². The fourth-order valence-electron chi connectivity index (χ4n) is 1.92. The van der Waals surface area contributed by atoms with Crippen molar-refractivity contribution >= 4 is 12.4 Å². The van der Waals surface area contributed by atoms with E-state index >= 15 is 0 Å². The van der Waals surface area contributed by atoms with Crippen LogP contribution in [0.2, 0.25) is 0 Å². The lowest BCUT2D eigenvalue weighted by Gasteiger charge is -2.32. The van der Waals surface area contributed by atoms with Crippen LogP contribution in [-0.2, 0) is 12.0 Å². The van der Waals surface area contributed by atoms with E-state index in [-0.39, 0.29) is 17.8 Å². The van der Waals surface area contributed by atoms with Crippen molar-refractivity contribution in [1.82, 2.24) is 20.4 Å². The van der Waals surface area contributed by atoms with E-state index in [4.69, 9.17) is 4.52 Å². The number of piperazine rings is 1. The highest BCUT2D eigenvalue weighted by atomic mass is 35.5. The zero-order valence-electron chi connectivity index (χ0n) is 11.6. The first-order valence-electron chi connectivity index (χ1n) is 6.24. The van der Waals surface area contributed by atoms with Gasteiger partial charge in [-0.2, -0.15) is 4.98 Å². The Morgan fingerprint density at radius 1 is 1.44 bits per heavy atom. The van der Waals surface area contributed by atoms with Crippen molar-refractivity contribution < 1.29 is 4.52 Å². The Labute approximate surface area is 115 Å². The standard InChI is InChI=1S/C12H22N4O.ClH/c1-9-7-13-5-6-16(9)8-10-14-11(15-17-10)12(2,3)4;/h9,13H,5-8H2,1-4H3;1H. The van der Waals surface area contributed by atoms with Crippen molar-refractivity contribution in [2.75, 3.05) is 19.6 Å². The number of nitrogens with zero attached hydrogens (tertiary/aromatic N) is 3. The van der Waals surface area contributed by atoms with Gasteiger partial charge in [-0.1, -0.05) is 25.9 Å². The SMILES string of the molecule is CC1CNCCN1Cc1nc(C(C)(C)C)no1.Cl. The zero-order valence-corrected chi connectivity index (χ0v) is 12.4. The largest absolute Gasteiger partial charge is 0.338 e. The minimum atomic E-state index is -0.0448. The van der Waals surface area contributed by atoms with Gasteiger partial charge in [0.1, 0.15) is 0 Å². The van der Waals surface area contributed by atoms with Gasteiger partial charge >= 0.3 is 0 Å². The molecule has 0 radical (unpaired) electrons. The Kier molecular flexibility index (Phi) is 5.13. The monoisotopic (exact) mass is 274 g/mol. The maximum atomic E-state index is 5.32. The molecule has 1 aromatic heterocycles. The molecule has 1 N–H and O–H groups in total. The first-order valence-corrected chi connectivity index (χ1v) is 6.24. The fraction of sp³-hybridized carbons (Fsp3) is 0.833. The van der Waals surface area contributed by atoms with Gasteiger partial charge < -0.3 is 9.84 Å². The molecule has 1 fully saturated rings. The summed E-state index contributed by atoms with van der Waals surface area (Å²) in [5.41, 5.74) is -0.0448. The van der Waals surface area contributed by atoms with Gasteiger partial charge in [0.05, 0.1) is 6.54 Å². The molecule has 2 heterocycles. The van der Waals surface area contributed by atoms with Crippen LogP contribution in [0, 0.1) is 0 Å². The Bertz CT molecular complexity index is 374. The van der Waals surface area contributed by atoms with E-state index in [1.807, 2.05) is 0 Å². The number of rotatable bonds is 2. The number of hydrogen-bond donors (Lipinski definition) is 1. The molecule has 0 amide bonds. The third-order valence-electron chi connectivity index (χ3n) is 3.12. The molecule has 1 aliphatic heterocycles. The van der Waals surface area contributed by atoms with Gasteiger partial charge in [0.15, 0.2) is 5.82 Å². The summed E-state index contributed by atoms with van der Waals surface area (Å²) < 4.78 is 5.32. The molecule has 2 rings (SSSR count). The molecule has 1 unspecified atom stereocenters. The molecule has 0 aromatic carbocycles. The summed E-state index contributed by atoms with van der Waals surface area (Å²) in [6.07, 6.45) is 0.